The predicted molar refractivity (Wildman–Crippen MR) is 63.7 cm³/mol. The highest BCUT2D eigenvalue weighted by Crippen LogP contribution is 2.06. The van der Waals surface area contributed by atoms with Crippen molar-refractivity contribution in [1.29, 1.82) is 0 Å². The minimum atomic E-state index is -0.106. The summed E-state index contributed by atoms with van der Waals surface area (Å²) in [6, 6.07) is 7.30. The largest absolute Gasteiger partial charge is 0.330 e. The van der Waals surface area contributed by atoms with E-state index in [1.165, 1.54) is 0 Å². The first-order valence-corrected chi connectivity index (χ1v) is 5.26. The molecule has 3 rings (SSSR count). The summed E-state index contributed by atoms with van der Waals surface area (Å²) in [7, 11) is 0. The van der Waals surface area contributed by atoms with Crippen molar-refractivity contribution in [2.75, 3.05) is 0 Å². The second kappa shape index (κ2) is 3.86. The van der Waals surface area contributed by atoms with Crippen molar-refractivity contribution in [3.8, 4) is 0 Å². The van der Waals surface area contributed by atoms with E-state index in [2.05, 4.69) is 15.0 Å². The fourth-order valence-electron chi connectivity index (χ4n) is 1.76. The number of nitrogens with one attached hydrogen (secondary N) is 1. The number of rotatable bonds is 2. The zero-order valence-corrected chi connectivity index (χ0v) is 9.00. The van der Waals surface area contributed by atoms with E-state index in [1.807, 2.05) is 29.0 Å². The lowest BCUT2D eigenvalue weighted by Crippen LogP contribution is -2.13. The summed E-state index contributed by atoms with van der Waals surface area (Å²) in [5.74, 6) is 0.631. The van der Waals surface area contributed by atoms with Crippen LogP contribution in [0.25, 0.3) is 10.9 Å². The Bertz CT molecular complexity index is 700. The van der Waals surface area contributed by atoms with E-state index < -0.39 is 0 Å². The molecule has 0 bridgehead atoms. The van der Waals surface area contributed by atoms with E-state index in [0.29, 0.717) is 23.3 Å². The number of benzene rings is 1. The molecule has 5 heteroatoms. The monoisotopic (exact) mass is 226 g/mol. The highest BCUT2D eigenvalue weighted by molar-refractivity contribution is 5.77. The Balaban J connectivity index is 2.10. The van der Waals surface area contributed by atoms with Crippen molar-refractivity contribution >= 4 is 10.9 Å². The van der Waals surface area contributed by atoms with E-state index in [-0.39, 0.29) is 5.56 Å². The Kier molecular flexibility index (Phi) is 2.22. The molecule has 0 amide bonds. The molecule has 0 spiro atoms. The average molecular weight is 226 g/mol. The van der Waals surface area contributed by atoms with Gasteiger partial charge in [-0.25, -0.2) is 9.97 Å². The van der Waals surface area contributed by atoms with E-state index in [1.54, 1.807) is 18.6 Å². The molecule has 0 fully saturated rings. The first kappa shape index (κ1) is 9.77. The van der Waals surface area contributed by atoms with Gasteiger partial charge in [0.2, 0.25) is 0 Å². The standard InChI is InChI=1S/C12H10N4O/c17-12-9-3-1-2-4-10(9)14-11(15-12)7-16-6-5-13-8-16/h1-6,8H,7H2,(H,14,15,17). The number of nitrogens with zero attached hydrogens (tertiary/aromatic N) is 3. The maximum Gasteiger partial charge on any atom is 0.258 e. The molecular weight excluding hydrogens is 216 g/mol. The summed E-state index contributed by atoms with van der Waals surface area (Å²) in [5.41, 5.74) is 0.608. The van der Waals surface area contributed by atoms with E-state index in [4.69, 9.17) is 0 Å². The lowest BCUT2D eigenvalue weighted by Gasteiger charge is -2.03. The third kappa shape index (κ3) is 1.82. The van der Waals surface area contributed by atoms with Gasteiger partial charge in [-0.15, -0.1) is 0 Å². The van der Waals surface area contributed by atoms with Crippen LogP contribution in [0.15, 0.2) is 47.8 Å². The van der Waals surface area contributed by atoms with Gasteiger partial charge in [-0.3, -0.25) is 4.79 Å². The molecule has 0 aliphatic heterocycles. The van der Waals surface area contributed by atoms with Crippen LogP contribution >= 0.6 is 0 Å². The van der Waals surface area contributed by atoms with Crippen LogP contribution in [0.4, 0.5) is 0 Å². The maximum absolute atomic E-state index is 11.8. The average Bonchev–Trinajstić information content (AvgIpc) is 2.82. The van der Waals surface area contributed by atoms with E-state index in [9.17, 15) is 4.79 Å². The van der Waals surface area contributed by atoms with Gasteiger partial charge in [-0.05, 0) is 12.1 Å². The third-order valence-corrected chi connectivity index (χ3v) is 2.55. The van der Waals surface area contributed by atoms with Crippen molar-refractivity contribution in [2.45, 2.75) is 6.54 Å². The predicted octanol–water partition coefficient (Wildman–Crippen LogP) is 1.17. The SMILES string of the molecule is O=c1[nH]c(Cn2ccnc2)nc2ccccc12. The smallest absolute Gasteiger partial charge is 0.258 e. The topological polar surface area (TPSA) is 63.6 Å². The minimum absolute atomic E-state index is 0.106. The number of fused-ring (bicyclic) bond motifs is 1. The molecule has 2 aromatic heterocycles. The van der Waals surface area contributed by atoms with Crippen molar-refractivity contribution in [2.24, 2.45) is 0 Å². The van der Waals surface area contributed by atoms with Crippen LogP contribution in [0.1, 0.15) is 5.82 Å². The second-order valence-electron chi connectivity index (χ2n) is 3.76. The van der Waals surface area contributed by atoms with Gasteiger partial charge in [0.25, 0.3) is 5.56 Å². The molecule has 2 heterocycles. The van der Waals surface area contributed by atoms with Gasteiger partial charge in [0.05, 0.1) is 23.8 Å². The molecule has 0 aliphatic rings. The Morgan fingerprint density at radius 2 is 2.18 bits per heavy atom. The van der Waals surface area contributed by atoms with Gasteiger partial charge in [-0.2, -0.15) is 0 Å². The van der Waals surface area contributed by atoms with Gasteiger partial charge >= 0.3 is 0 Å². The summed E-state index contributed by atoms with van der Waals surface area (Å²) in [4.78, 5) is 22.9. The van der Waals surface area contributed by atoms with Crippen LogP contribution in [0.3, 0.4) is 0 Å². The Morgan fingerprint density at radius 3 is 3.00 bits per heavy atom. The number of H-pyrrole nitrogens is 1. The molecular formula is C12H10N4O. The maximum atomic E-state index is 11.8. The fraction of sp³-hybridized carbons (Fsp3) is 0.0833. The van der Waals surface area contributed by atoms with E-state index in [0.717, 1.165) is 0 Å². The molecule has 17 heavy (non-hydrogen) atoms. The van der Waals surface area contributed by atoms with Crippen molar-refractivity contribution in [1.82, 2.24) is 19.5 Å². The van der Waals surface area contributed by atoms with Crippen LogP contribution in [0.5, 0.6) is 0 Å². The first-order valence-electron chi connectivity index (χ1n) is 5.26. The van der Waals surface area contributed by atoms with E-state index >= 15 is 0 Å². The van der Waals surface area contributed by atoms with Gasteiger partial charge in [0, 0.05) is 12.4 Å². The highest BCUT2D eigenvalue weighted by atomic mass is 16.1. The number of imidazole rings is 1. The Morgan fingerprint density at radius 1 is 1.29 bits per heavy atom. The fourth-order valence-corrected chi connectivity index (χ4v) is 1.76. The zero-order chi connectivity index (χ0) is 11.7. The summed E-state index contributed by atoms with van der Waals surface area (Å²) >= 11 is 0. The second-order valence-corrected chi connectivity index (χ2v) is 3.76. The summed E-state index contributed by atoms with van der Waals surface area (Å²) in [6.07, 6.45) is 5.21. The molecule has 84 valence electrons. The number of hydrogen-bond acceptors (Lipinski definition) is 3. The molecule has 0 radical (unpaired) electrons. The van der Waals surface area contributed by atoms with Crippen molar-refractivity contribution < 1.29 is 0 Å². The molecule has 3 aromatic rings. The molecule has 1 aromatic carbocycles. The van der Waals surface area contributed by atoms with Crippen LogP contribution in [-0.4, -0.2) is 19.5 Å². The van der Waals surface area contributed by atoms with Gasteiger partial charge in [0.1, 0.15) is 5.82 Å². The summed E-state index contributed by atoms with van der Waals surface area (Å²) < 4.78 is 1.85. The van der Waals surface area contributed by atoms with Crippen molar-refractivity contribution in [3.05, 3.63) is 59.2 Å². The highest BCUT2D eigenvalue weighted by Gasteiger charge is 2.03. The Labute approximate surface area is 96.8 Å². The number of aromatic nitrogens is 4. The molecule has 0 aliphatic carbocycles. The molecule has 0 saturated heterocycles. The van der Waals surface area contributed by atoms with Gasteiger partial charge < -0.3 is 9.55 Å². The third-order valence-electron chi connectivity index (χ3n) is 2.55. The molecule has 0 unspecified atom stereocenters. The van der Waals surface area contributed by atoms with Gasteiger partial charge in [0.15, 0.2) is 0 Å². The minimum Gasteiger partial charge on any atom is -0.330 e. The molecule has 0 saturated carbocycles. The quantitative estimate of drug-likeness (QED) is 0.713. The molecule has 1 N–H and O–H groups in total. The zero-order valence-electron chi connectivity index (χ0n) is 9.00. The first-order chi connectivity index (χ1) is 8.33. The number of hydrogen-bond donors (Lipinski definition) is 1. The lowest BCUT2D eigenvalue weighted by molar-refractivity contribution is 0.744. The van der Waals surface area contributed by atoms with Crippen LogP contribution < -0.4 is 5.56 Å². The molecule has 5 nitrogen and oxygen atoms in total. The lowest BCUT2D eigenvalue weighted by atomic mass is 10.2. The van der Waals surface area contributed by atoms with Crippen LogP contribution in [-0.2, 0) is 6.54 Å². The van der Waals surface area contributed by atoms with Crippen LogP contribution in [0, 0.1) is 0 Å². The van der Waals surface area contributed by atoms with Gasteiger partial charge in [-0.1, -0.05) is 12.1 Å². The number of aromatic amines is 1. The summed E-state index contributed by atoms with van der Waals surface area (Å²) in [6.45, 7) is 0.514. The normalized spacial score (nSPS) is 10.8. The number of para-hydroxylation sites is 1. The van der Waals surface area contributed by atoms with Crippen LogP contribution in [0.2, 0.25) is 0 Å². The molecule has 0 atom stereocenters. The summed E-state index contributed by atoms with van der Waals surface area (Å²) in [5, 5.41) is 0.613. The Hall–Kier alpha value is -2.43. The van der Waals surface area contributed by atoms with Crippen molar-refractivity contribution in [3.63, 3.8) is 0 Å².